The Morgan fingerprint density at radius 1 is 1.00 bits per heavy atom. The van der Waals surface area contributed by atoms with Gasteiger partial charge in [-0.2, -0.15) is 0 Å². The largest absolute Gasteiger partial charge is 0.340 e. The minimum Gasteiger partial charge on any atom is -0.340 e. The lowest BCUT2D eigenvalue weighted by Gasteiger charge is -2.24. The van der Waals surface area contributed by atoms with E-state index in [2.05, 4.69) is 51.2 Å². The molecule has 1 aromatic heterocycles. The summed E-state index contributed by atoms with van der Waals surface area (Å²) < 4.78 is 2.48. The second kappa shape index (κ2) is 11.7. The molecule has 1 fully saturated rings. The molecule has 0 radical (unpaired) electrons. The lowest BCUT2D eigenvalue weighted by Crippen LogP contribution is -2.44. The van der Waals surface area contributed by atoms with Crippen LogP contribution in [0.2, 0.25) is 0 Å². The van der Waals surface area contributed by atoms with Crippen molar-refractivity contribution in [2.75, 3.05) is 33.7 Å². The number of rotatable bonds is 7. The van der Waals surface area contributed by atoms with Crippen molar-refractivity contribution < 1.29 is 9.59 Å². The Hall–Kier alpha value is -3.12. The van der Waals surface area contributed by atoms with Gasteiger partial charge in [0.1, 0.15) is 0 Å². The average molecular weight is 515 g/mol. The number of fused-ring (bicyclic) bond motifs is 5. The topological polar surface area (TPSA) is 57.6 Å². The summed E-state index contributed by atoms with van der Waals surface area (Å²) in [5.74, 6) is 0.327. The molecule has 6 nitrogen and oxygen atoms in total. The maximum Gasteiger partial charge on any atom is 0.324 e. The monoisotopic (exact) mass is 514 g/mol. The second-order valence-corrected chi connectivity index (χ2v) is 11.2. The number of benzene rings is 2. The van der Waals surface area contributed by atoms with Crippen molar-refractivity contribution in [1.29, 1.82) is 0 Å². The van der Waals surface area contributed by atoms with Crippen LogP contribution in [0.25, 0.3) is 22.2 Å². The number of nitrogens with zero attached hydrogens (tertiary/aromatic N) is 3. The highest BCUT2D eigenvalue weighted by molar-refractivity contribution is 6.07. The van der Waals surface area contributed by atoms with Gasteiger partial charge in [0.25, 0.3) is 5.91 Å². The SMILES string of the molecule is CCNC(=O)N(CCCN(C)C)C(=O)c1ccc2c(C3CCCCC3)c3n(c2c1)CCCc1ccccc1-3. The maximum atomic E-state index is 13.8. The molecule has 2 aliphatic rings. The molecule has 2 aromatic carbocycles. The van der Waals surface area contributed by atoms with Crippen molar-refractivity contribution in [2.24, 2.45) is 0 Å². The summed E-state index contributed by atoms with van der Waals surface area (Å²) in [5, 5.41) is 4.11. The van der Waals surface area contributed by atoms with Crippen LogP contribution >= 0.6 is 0 Å². The van der Waals surface area contributed by atoms with E-state index < -0.39 is 0 Å². The lowest BCUT2D eigenvalue weighted by molar-refractivity contribution is 0.0796. The number of carbonyl (C=O) groups excluding carboxylic acids is 2. The van der Waals surface area contributed by atoms with Crippen molar-refractivity contribution >= 4 is 22.8 Å². The zero-order chi connectivity index (χ0) is 26.6. The highest BCUT2D eigenvalue weighted by atomic mass is 16.2. The molecule has 6 heteroatoms. The van der Waals surface area contributed by atoms with E-state index in [-0.39, 0.29) is 11.9 Å². The molecule has 3 amide bonds. The molecule has 5 rings (SSSR count). The summed E-state index contributed by atoms with van der Waals surface area (Å²) in [6.45, 7) is 4.53. The Balaban J connectivity index is 1.60. The number of carbonyl (C=O) groups is 2. The van der Waals surface area contributed by atoms with Crippen LogP contribution < -0.4 is 5.32 Å². The number of imide groups is 1. The highest BCUT2D eigenvalue weighted by Gasteiger charge is 2.30. The number of urea groups is 1. The molecule has 0 spiro atoms. The van der Waals surface area contributed by atoms with Crippen LogP contribution in [0.4, 0.5) is 4.79 Å². The predicted molar refractivity (Wildman–Crippen MR) is 155 cm³/mol. The van der Waals surface area contributed by atoms with E-state index in [1.165, 1.54) is 64.8 Å². The maximum absolute atomic E-state index is 13.8. The van der Waals surface area contributed by atoms with Gasteiger partial charge in [-0.3, -0.25) is 9.69 Å². The zero-order valence-corrected chi connectivity index (χ0v) is 23.3. The first-order valence-electron chi connectivity index (χ1n) is 14.5. The van der Waals surface area contributed by atoms with Crippen LogP contribution in [-0.4, -0.2) is 60.0 Å². The van der Waals surface area contributed by atoms with Gasteiger partial charge in [0, 0.05) is 41.7 Å². The summed E-state index contributed by atoms with van der Waals surface area (Å²) >= 11 is 0. The third kappa shape index (κ3) is 5.24. The molecule has 0 unspecified atom stereocenters. The summed E-state index contributed by atoms with van der Waals surface area (Å²) in [6, 6.07) is 14.7. The van der Waals surface area contributed by atoms with E-state index in [1.54, 1.807) is 0 Å². The minimum atomic E-state index is -0.317. The fraction of sp³-hybridized carbons (Fsp3) is 0.500. The van der Waals surface area contributed by atoms with Crippen LogP contribution in [0.15, 0.2) is 42.5 Å². The van der Waals surface area contributed by atoms with E-state index in [0.717, 1.165) is 37.9 Å². The third-order valence-electron chi connectivity index (χ3n) is 8.27. The van der Waals surface area contributed by atoms with E-state index >= 15 is 0 Å². The first-order valence-corrected chi connectivity index (χ1v) is 14.5. The molecule has 0 saturated heterocycles. The normalized spacial score (nSPS) is 15.7. The second-order valence-electron chi connectivity index (χ2n) is 11.2. The molecule has 1 aliphatic carbocycles. The summed E-state index contributed by atoms with van der Waals surface area (Å²) in [5.41, 5.74) is 7.32. The molecule has 202 valence electrons. The molecule has 1 aliphatic heterocycles. The fourth-order valence-corrected chi connectivity index (χ4v) is 6.48. The van der Waals surface area contributed by atoms with Crippen molar-refractivity contribution in [1.82, 2.24) is 19.7 Å². The molecule has 38 heavy (non-hydrogen) atoms. The Labute approximate surface area is 227 Å². The number of hydrogen-bond acceptors (Lipinski definition) is 3. The lowest BCUT2D eigenvalue weighted by atomic mass is 9.81. The Kier molecular flexibility index (Phi) is 8.18. The van der Waals surface area contributed by atoms with Crippen LogP contribution in [0.5, 0.6) is 0 Å². The van der Waals surface area contributed by atoms with E-state index in [0.29, 0.717) is 24.6 Å². The smallest absolute Gasteiger partial charge is 0.324 e. The van der Waals surface area contributed by atoms with Crippen molar-refractivity contribution in [3.63, 3.8) is 0 Å². The first-order chi connectivity index (χ1) is 18.5. The Morgan fingerprint density at radius 3 is 2.55 bits per heavy atom. The van der Waals surface area contributed by atoms with Crippen molar-refractivity contribution in [2.45, 2.75) is 70.8 Å². The van der Waals surface area contributed by atoms with Gasteiger partial charge in [-0.05, 0) is 88.8 Å². The number of aryl methyl sites for hydroxylation is 2. The van der Waals surface area contributed by atoms with Crippen molar-refractivity contribution in [3.8, 4) is 11.3 Å². The van der Waals surface area contributed by atoms with Gasteiger partial charge in [-0.25, -0.2) is 4.79 Å². The van der Waals surface area contributed by atoms with Gasteiger partial charge in [-0.1, -0.05) is 49.6 Å². The summed E-state index contributed by atoms with van der Waals surface area (Å²) in [4.78, 5) is 30.1. The number of amides is 3. The molecule has 3 aromatic rings. The van der Waals surface area contributed by atoms with E-state index in [1.807, 2.05) is 27.1 Å². The van der Waals surface area contributed by atoms with Crippen LogP contribution in [-0.2, 0) is 13.0 Å². The molecule has 2 heterocycles. The molecule has 1 saturated carbocycles. The van der Waals surface area contributed by atoms with Gasteiger partial charge in [-0.15, -0.1) is 0 Å². The third-order valence-corrected chi connectivity index (χ3v) is 8.27. The zero-order valence-electron chi connectivity index (χ0n) is 23.3. The van der Waals surface area contributed by atoms with Crippen molar-refractivity contribution in [3.05, 3.63) is 59.2 Å². The number of hydrogen-bond donors (Lipinski definition) is 1. The molecule has 0 bridgehead atoms. The quantitative estimate of drug-likeness (QED) is 0.396. The summed E-state index contributed by atoms with van der Waals surface area (Å²) in [7, 11) is 4.01. The van der Waals surface area contributed by atoms with Gasteiger partial charge in [0.15, 0.2) is 0 Å². The Bertz CT molecular complexity index is 1300. The van der Waals surface area contributed by atoms with E-state index in [9.17, 15) is 9.59 Å². The number of aromatic nitrogens is 1. The Morgan fingerprint density at radius 2 is 1.79 bits per heavy atom. The molecule has 0 atom stereocenters. The van der Waals surface area contributed by atoms with Gasteiger partial charge in [0.2, 0.25) is 0 Å². The fourth-order valence-electron chi connectivity index (χ4n) is 6.48. The van der Waals surface area contributed by atoms with Crippen LogP contribution in [0, 0.1) is 0 Å². The molecule has 1 N–H and O–H groups in total. The van der Waals surface area contributed by atoms with Crippen LogP contribution in [0.3, 0.4) is 0 Å². The van der Waals surface area contributed by atoms with E-state index in [4.69, 9.17) is 0 Å². The predicted octanol–water partition coefficient (Wildman–Crippen LogP) is 6.43. The highest BCUT2D eigenvalue weighted by Crippen LogP contribution is 2.46. The molecular weight excluding hydrogens is 472 g/mol. The minimum absolute atomic E-state index is 0.222. The van der Waals surface area contributed by atoms with Crippen LogP contribution in [0.1, 0.15) is 79.3 Å². The first kappa shape index (κ1) is 26.5. The molecular formula is C32H42N4O2. The summed E-state index contributed by atoms with van der Waals surface area (Å²) in [6.07, 6.45) is 9.22. The average Bonchev–Trinajstić information content (AvgIpc) is 3.12. The standard InChI is InChI=1S/C32H42N4O2/c1-4-33-32(38)36(21-11-19-34(2)3)31(37)25-17-18-27-28(22-25)35-20-10-15-23-12-8-9-16-26(23)30(35)29(27)24-13-6-5-7-14-24/h8-9,12,16-18,22,24H,4-7,10-11,13-15,19-21H2,1-3H3,(H,33,38). The van der Waals surface area contributed by atoms with Gasteiger partial charge in [0.05, 0.1) is 5.69 Å². The van der Waals surface area contributed by atoms with Gasteiger partial charge < -0.3 is 14.8 Å². The number of nitrogens with one attached hydrogen (secondary N) is 1. The van der Waals surface area contributed by atoms with Gasteiger partial charge >= 0.3 is 6.03 Å².